The third-order valence-electron chi connectivity index (χ3n) is 1.74. The Morgan fingerprint density at radius 1 is 1.31 bits per heavy atom. The molecule has 0 bridgehead atoms. The van der Waals surface area contributed by atoms with Gasteiger partial charge in [-0.25, -0.2) is 18.4 Å². The SMILES string of the molecule is CC(C)(C)S(=O)(=O)Nc1ncc(Br)nc1Br. The topological polar surface area (TPSA) is 72.0 Å². The molecule has 0 fully saturated rings. The Morgan fingerprint density at radius 3 is 2.31 bits per heavy atom. The summed E-state index contributed by atoms with van der Waals surface area (Å²) in [7, 11) is -3.48. The van der Waals surface area contributed by atoms with Crippen LogP contribution in [-0.2, 0) is 10.0 Å². The van der Waals surface area contributed by atoms with Crippen LogP contribution in [0, 0.1) is 0 Å². The lowest BCUT2D eigenvalue weighted by atomic mass is 10.3. The third-order valence-corrected chi connectivity index (χ3v) is 4.75. The fourth-order valence-electron chi connectivity index (χ4n) is 0.695. The number of anilines is 1. The predicted octanol–water partition coefficient (Wildman–Crippen LogP) is 2.54. The van der Waals surface area contributed by atoms with Gasteiger partial charge in [0.05, 0.1) is 10.9 Å². The van der Waals surface area contributed by atoms with Gasteiger partial charge in [-0.3, -0.25) is 4.72 Å². The van der Waals surface area contributed by atoms with Crippen molar-refractivity contribution in [1.82, 2.24) is 9.97 Å². The molecule has 0 saturated heterocycles. The Bertz CT molecular complexity index is 496. The predicted molar refractivity (Wildman–Crippen MR) is 69.7 cm³/mol. The minimum atomic E-state index is -3.48. The highest BCUT2D eigenvalue weighted by molar-refractivity contribution is 9.11. The first-order chi connectivity index (χ1) is 7.13. The molecule has 1 aromatic rings. The molecule has 0 spiro atoms. The van der Waals surface area contributed by atoms with Gasteiger partial charge in [0.1, 0.15) is 4.60 Å². The lowest BCUT2D eigenvalue weighted by molar-refractivity contribution is 0.565. The number of hydrogen-bond acceptors (Lipinski definition) is 4. The molecule has 0 aliphatic carbocycles. The molecule has 1 heterocycles. The summed E-state index contributed by atoms with van der Waals surface area (Å²) in [4.78, 5) is 7.91. The maximum absolute atomic E-state index is 11.8. The van der Waals surface area contributed by atoms with Crippen LogP contribution < -0.4 is 4.72 Å². The van der Waals surface area contributed by atoms with E-state index in [2.05, 4.69) is 46.5 Å². The molecule has 1 N–H and O–H groups in total. The minimum Gasteiger partial charge on any atom is -0.265 e. The molecule has 16 heavy (non-hydrogen) atoms. The highest BCUT2D eigenvalue weighted by Crippen LogP contribution is 2.24. The van der Waals surface area contributed by atoms with Gasteiger partial charge in [-0.2, -0.15) is 0 Å². The molecule has 0 saturated carbocycles. The maximum atomic E-state index is 11.8. The van der Waals surface area contributed by atoms with E-state index in [0.717, 1.165) is 0 Å². The first kappa shape index (κ1) is 13.9. The average Bonchev–Trinajstić information content (AvgIpc) is 2.08. The van der Waals surface area contributed by atoms with E-state index < -0.39 is 14.8 Å². The second kappa shape index (κ2) is 4.58. The van der Waals surface area contributed by atoms with E-state index >= 15 is 0 Å². The summed E-state index contributed by atoms with van der Waals surface area (Å²) in [5.41, 5.74) is 0. The molecule has 0 unspecified atom stereocenters. The number of nitrogens with zero attached hydrogens (tertiary/aromatic N) is 2. The largest absolute Gasteiger partial charge is 0.265 e. The van der Waals surface area contributed by atoms with Gasteiger partial charge in [-0.15, -0.1) is 0 Å². The summed E-state index contributed by atoms with van der Waals surface area (Å²) in [6.07, 6.45) is 1.42. The molecule has 0 radical (unpaired) electrons. The minimum absolute atomic E-state index is 0.179. The van der Waals surface area contributed by atoms with Crippen LogP contribution in [0.5, 0.6) is 0 Å². The highest BCUT2D eigenvalue weighted by atomic mass is 79.9. The summed E-state index contributed by atoms with van der Waals surface area (Å²) >= 11 is 6.27. The highest BCUT2D eigenvalue weighted by Gasteiger charge is 2.30. The van der Waals surface area contributed by atoms with E-state index in [1.54, 1.807) is 20.8 Å². The molecule has 0 aliphatic heterocycles. The van der Waals surface area contributed by atoms with Crippen LogP contribution in [0.1, 0.15) is 20.8 Å². The van der Waals surface area contributed by atoms with Crippen molar-refractivity contribution in [3.05, 3.63) is 15.4 Å². The Morgan fingerprint density at radius 2 is 1.88 bits per heavy atom. The molecule has 5 nitrogen and oxygen atoms in total. The molecule has 1 rings (SSSR count). The van der Waals surface area contributed by atoms with Crippen LogP contribution in [0.15, 0.2) is 15.4 Å². The third kappa shape index (κ3) is 3.14. The smallest absolute Gasteiger partial charge is 0.238 e. The summed E-state index contributed by atoms with van der Waals surface area (Å²) in [5.74, 6) is 0.179. The Hall–Kier alpha value is -0.210. The summed E-state index contributed by atoms with van der Waals surface area (Å²) in [5, 5.41) is 0. The molecule has 0 atom stereocenters. The van der Waals surface area contributed by atoms with Crippen LogP contribution in [0.2, 0.25) is 0 Å². The second-order valence-corrected chi connectivity index (χ2v) is 8.05. The zero-order chi connectivity index (χ0) is 12.6. The number of halogens is 2. The van der Waals surface area contributed by atoms with Crippen molar-refractivity contribution >= 4 is 47.7 Å². The van der Waals surface area contributed by atoms with E-state index in [-0.39, 0.29) is 5.82 Å². The van der Waals surface area contributed by atoms with Crippen molar-refractivity contribution in [3.63, 3.8) is 0 Å². The number of sulfonamides is 1. The van der Waals surface area contributed by atoms with Gasteiger partial charge in [0.2, 0.25) is 10.0 Å². The van der Waals surface area contributed by atoms with Crippen LogP contribution in [0.4, 0.5) is 5.82 Å². The van der Waals surface area contributed by atoms with E-state index in [1.165, 1.54) is 6.20 Å². The Labute approximate surface area is 111 Å². The quantitative estimate of drug-likeness (QED) is 0.865. The van der Waals surface area contributed by atoms with Gasteiger partial charge >= 0.3 is 0 Å². The zero-order valence-electron chi connectivity index (χ0n) is 8.95. The van der Waals surface area contributed by atoms with Gasteiger partial charge in [-0.05, 0) is 52.6 Å². The van der Waals surface area contributed by atoms with Crippen LogP contribution in [0.3, 0.4) is 0 Å². The molecule has 8 heteroatoms. The van der Waals surface area contributed by atoms with Crippen molar-refractivity contribution in [2.45, 2.75) is 25.5 Å². The van der Waals surface area contributed by atoms with Crippen LogP contribution >= 0.6 is 31.9 Å². The Kier molecular flexibility index (Phi) is 3.96. The molecule has 0 aliphatic rings. The monoisotopic (exact) mass is 371 g/mol. The van der Waals surface area contributed by atoms with E-state index in [4.69, 9.17) is 0 Å². The normalized spacial score (nSPS) is 12.6. The first-order valence-electron chi connectivity index (χ1n) is 4.34. The van der Waals surface area contributed by atoms with Crippen molar-refractivity contribution in [3.8, 4) is 0 Å². The number of hydrogen-bond donors (Lipinski definition) is 1. The van der Waals surface area contributed by atoms with Crippen LogP contribution in [-0.4, -0.2) is 23.1 Å². The van der Waals surface area contributed by atoms with E-state index in [0.29, 0.717) is 9.21 Å². The van der Waals surface area contributed by atoms with E-state index in [1.807, 2.05) is 0 Å². The van der Waals surface area contributed by atoms with Gasteiger partial charge in [-0.1, -0.05) is 0 Å². The van der Waals surface area contributed by atoms with Crippen LogP contribution in [0.25, 0.3) is 0 Å². The average molecular weight is 373 g/mol. The fraction of sp³-hybridized carbons (Fsp3) is 0.500. The molecule has 90 valence electrons. The van der Waals surface area contributed by atoms with Gasteiger partial charge in [0.15, 0.2) is 10.4 Å². The lowest BCUT2D eigenvalue weighted by Gasteiger charge is -2.20. The zero-order valence-corrected chi connectivity index (χ0v) is 12.9. The van der Waals surface area contributed by atoms with Crippen molar-refractivity contribution in [1.29, 1.82) is 0 Å². The molecule has 0 amide bonds. The number of rotatable bonds is 2. The maximum Gasteiger partial charge on any atom is 0.238 e. The molecule has 1 aromatic heterocycles. The van der Waals surface area contributed by atoms with Crippen molar-refractivity contribution in [2.75, 3.05) is 4.72 Å². The fourth-order valence-corrected chi connectivity index (χ4v) is 2.45. The van der Waals surface area contributed by atoms with Crippen molar-refractivity contribution < 1.29 is 8.42 Å². The molecular formula is C8H11Br2N3O2S. The Balaban J connectivity index is 3.07. The summed E-state index contributed by atoms with van der Waals surface area (Å²) < 4.78 is 26.0. The first-order valence-corrected chi connectivity index (χ1v) is 7.41. The van der Waals surface area contributed by atoms with Gasteiger partial charge in [0.25, 0.3) is 0 Å². The number of aromatic nitrogens is 2. The summed E-state index contributed by atoms with van der Waals surface area (Å²) in [6.45, 7) is 4.82. The lowest BCUT2D eigenvalue weighted by Crippen LogP contribution is -2.34. The standard InChI is InChI=1S/C8H11Br2N3O2S/c1-8(2,3)16(14,15)13-7-6(10)12-5(9)4-11-7/h4H,1-3H3,(H,11,13). The number of nitrogens with one attached hydrogen (secondary N) is 1. The van der Waals surface area contributed by atoms with Gasteiger partial charge < -0.3 is 0 Å². The molecular weight excluding hydrogens is 362 g/mol. The summed E-state index contributed by atoms with van der Waals surface area (Å²) in [6, 6.07) is 0. The second-order valence-electron chi connectivity index (χ2n) is 4.05. The molecule has 0 aromatic carbocycles. The van der Waals surface area contributed by atoms with Crippen molar-refractivity contribution in [2.24, 2.45) is 0 Å². The van der Waals surface area contributed by atoms with Gasteiger partial charge in [0, 0.05) is 0 Å². The van der Waals surface area contributed by atoms with E-state index in [9.17, 15) is 8.42 Å².